The largest absolute Gasteiger partial charge is 0.493 e. The van der Waals surface area contributed by atoms with Crippen LogP contribution in [0.5, 0.6) is 5.75 Å². The minimum Gasteiger partial charge on any atom is -0.493 e. The molecule has 24 heavy (non-hydrogen) atoms. The number of hydrogen-bond acceptors (Lipinski definition) is 4. The maximum absolute atomic E-state index is 12.5. The second-order valence-corrected chi connectivity index (χ2v) is 7.79. The number of ether oxygens (including phenoxy) is 1. The maximum atomic E-state index is 12.5. The van der Waals surface area contributed by atoms with Crippen LogP contribution >= 0.6 is 11.8 Å². The topological polar surface area (TPSA) is 41.6 Å². The minimum absolute atomic E-state index is 0.0197. The number of nitrogens with one attached hydrogen (secondary N) is 1. The molecule has 0 spiro atoms. The molecule has 1 aromatic carbocycles. The number of para-hydroxylation sites is 1. The number of hydrogen-bond donors (Lipinski definition) is 1. The summed E-state index contributed by atoms with van der Waals surface area (Å²) >= 11 is 2.08. The van der Waals surface area contributed by atoms with Crippen molar-refractivity contribution in [2.45, 2.75) is 32.2 Å². The van der Waals surface area contributed by atoms with Gasteiger partial charge in [0.2, 0.25) is 0 Å². The molecule has 5 heteroatoms. The van der Waals surface area contributed by atoms with E-state index in [1.54, 1.807) is 0 Å². The molecule has 3 rings (SSSR count). The van der Waals surface area contributed by atoms with Crippen LogP contribution < -0.4 is 10.1 Å². The van der Waals surface area contributed by atoms with E-state index in [1.165, 1.54) is 43.9 Å². The van der Waals surface area contributed by atoms with E-state index in [-0.39, 0.29) is 5.91 Å². The summed E-state index contributed by atoms with van der Waals surface area (Å²) in [6, 6.07) is 8.27. The fourth-order valence-electron chi connectivity index (χ4n) is 3.60. The molecule has 1 amide bonds. The number of piperidine rings is 1. The van der Waals surface area contributed by atoms with Crippen LogP contribution in [0.3, 0.4) is 0 Å². The molecule has 2 aliphatic rings. The van der Waals surface area contributed by atoms with Gasteiger partial charge in [-0.05, 0) is 63.1 Å². The van der Waals surface area contributed by atoms with Gasteiger partial charge in [0.15, 0.2) is 0 Å². The first-order chi connectivity index (χ1) is 11.8. The third kappa shape index (κ3) is 4.45. The third-order valence-electron chi connectivity index (χ3n) is 5.05. The van der Waals surface area contributed by atoms with Crippen LogP contribution in [0.15, 0.2) is 24.3 Å². The predicted molar refractivity (Wildman–Crippen MR) is 100.0 cm³/mol. The minimum atomic E-state index is -0.0197. The number of nitrogens with zero attached hydrogens (tertiary/aromatic N) is 1. The Bertz CT molecular complexity index is 538. The first-order valence-electron chi connectivity index (χ1n) is 9.09. The van der Waals surface area contributed by atoms with E-state index in [0.717, 1.165) is 12.6 Å². The van der Waals surface area contributed by atoms with Crippen LogP contribution in [0.25, 0.3) is 0 Å². The number of amides is 1. The monoisotopic (exact) mass is 348 g/mol. The molecule has 0 bridgehead atoms. The molecule has 0 aromatic heterocycles. The van der Waals surface area contributed by atoms with Crippen molar-refractivity contribution < 1.29 is 9.53 Å². The number of carbonyl (C=O) groups is 1. The first kappa shape index (κ1) is 17.6. The average molecular weight is 349 g/mol. The molecule has 4 nitrogen and oxygen atoms in total. The average Bonchev–Trinajstić information content (AvgIpc) is 3.15. The van der Waals surface area contributed by atoms with E-state index in [4.69, 9.17) is 4.74 Å². The van der Waals surface area contributed by atoms with Gasteiger partial charge in [-0.2, -0.15) is 11.8 Å². The van der Waals surface area contributed by atoms with Crippen LogP contribution in [0.4, 0.5) is 0 Å². The molecule has 0 radical (unpaired) electrons. The summed E-state index contributed by atoms with van der Waals surface area (Å²) in [6.45, 7) is 5.64. The van der Waals surface area contributed by atoms with Gasteiger partial charge in [-0.15, -0.1) is 0 Å². The van der Waals surface area contributed by atoms with Crippen LogP contribution in [0, 0.1) is 5.92 Å². The fraction of sp³-hybridized carbons (Fsp3) is 0.632. The Morgan fingerprint density at radius 2 is 2.08 bits per heavy atom. The van der Waals surface area contributed by atoms with Gasteiger partial charge in [-0.3, -0.25) is 9.69 Å². The zero-order valence-corrected chi connectivity index (χ0v) is 15.3. The Hall–Kier alpha value is -1.20. The summed E-state index contributed by atoms with van der Waals surface area (Å²) < 4.78 is 5.55. The molecule has 2 heterocycles. The Kier molecular flexibility index (Phi) is 6.44. The Morgan fingerprint density at radius 1 is 1.29 bits per heavy atom. The van der Waals surface area contributed by atoms with Crippen molar-refractivity contribution in [1.82, 2.24) is 10.2 Å². The van der Waals surface area contributed by atoms with E-state index in [2.05, 4.69) is 22.0 Å². The number of thioether (sulfide) groups is 1. The highest BCUT2D eigenvalue weighted by Crippen LogP contribution is 2.26. The Morgan fingerprint density at radius 3 is 2.79 bits per heavy atom. The van der Waals surface area contributed by atoms with E-state index >= 15 is 0 Å². The second kappa shape index (κ2) is 8.77. The van der Waals surface area contributed by atoms with Crippen LogP contribution in [-0.4, -0.2) is 54.6 Å². The lowest BCUT2D eigenvalue weighted by Gasteiger charge is -2.35. The summed E-state index contributed by atoms with van der Waals surface area (Å²) in [4.78, 5) is 15.1. The SMILES string of the molecule is CCOc1ccccc1C(=O)NCC1CCN([C@@H]2CCSC2)CC1. The van der Waals surface area contributed by atoms with Crippen molar-refractivity contribution in [2.75, 3.05) is 37.7 Å². The van der Waals surface area contributed by atoms with Crippen molar-refractivity contribution in [3.8, 4) is 5.75 Å². The normalized spacial score (nSPS) is 22.5. The van der Waals surface area contributed by atoms with Gasteiger partial charge in [0.1, 0.15) is 5.75 Å². The second-order valence-electron chi connectivity index (χ2n) is 6.64. The van der Waals surface area contributed by atoms with Gasteiger partial charge < -0.3 is 10.1 Å². The highest BCUT2D eigenvalue weighted by atomic mass is 32.2. The summed E-state index contributed by atoms with van der Waals surface area (Å²) in [5, 5.41) is 3.11. The lowest BCUT2D eigenvalue weighted by Crippen LogP contribution is -2.43. The van der Waals surface area contributed by atoms with E-state index in [9.17, 15) is 4.79 Å². The summed E-state index contributed by atoms with van der Waals surface area (Å²) in [5.41, 5.74) is 0.639. The third-order valence-corrected chi connectivity index (χ3v) is 6.20. The smallest absolute Gasteiger partial charge is 0.255 e. The van der Waals surface area contributed by atoms with Crippen molar-refractivity contribution in [3.63, 3.8) is 0 Å². The number of benzene rings is 1. The van der Waals surface area contributed by atoms with Gasteiger partial charge in [0.25, 0.3) is 5.91 Å². The molecule has 2 aliphatic heterocycles. The quantitative estimate of drug-likeness (QED) is 0.858. The summed E-state index contributed by atoms with van der Waals surface area (Å²) in [5.74, 6) is 3.87. The van der Waals surface area contributed by atoms with Crippen molar-refractivity contribution in [3.05, 3.63) is 29.8 Å². The molecule has 1 N–H and O–H groups in total. The Balaban J connectivity index is 1.45. The summed E-state index contributed by atoms with van der Waals surface area (Å²) in [7, 11) is 0. The first-order valence-corrected chi connectivity index (χ1v) is 10.2. The standard InChI is InChI=1S/C19H28N2O2S/c1-2-23-18-6-4-3-5-17(18)19(22)20-13-15-7-10-21(11-8-15)16-9-12-24-14-16/h3-6,15-16H,2,7-14H2,1H3,(H,20,22)/t16-/m1/s1. The highest BCUT2D eigenvalue weighted by Gasteiger charge is 2.27. The van der Waals surface area contributed by atoms with Crippen LogP contribution in [-0.2, 0) is 0 Å². The molecular formula is C19H28N2O2S. The zero-order valence-electron chi connectivity index (χ0n) is 14.5. The lowest BCUT2D eigenvalue weighted by atomic mass is 9.95. The van der Waals surface area contributed by atoms with E-state index in [0.29, 0.717) is 23.8 Å². The molecule has 1 aromatic rings. The Labute approximate surface area is 149 Å². The number of likely N-dealkylation sites (tertiary alicyclic amines) is 1. The number of carbonyl (C=O) groups excluding carboxylic acids is 1. The molecule has 1 atom stereocenters. The summed E-state index contributed by atoms with van der Waals surface area (Å²) in [6.07, 6.45) is 3.73. The van der Waals surface area contributed by atoms with Crippen LogP contribution in [0.2, 0.25) is 0 Å². The van der Waals surface area contributed by atoms with Crippen LogP contribution in [0.1, 0.15) is 36.5 Å². The highest BCUT2D eigenvalue weighted by molar-refractivity contribution is 7.99. The van der Waals surface area contributed by atoms with E-state index in [1.807, 2.05) is 31.2 Å². The molecule has 2 saturated heterocycles. The van der Waals surface area contributed by atoms with Gasteiger partial charge in [-0.1, -0.05) is 12.1 Å². The molecule has 0 aliphatic carbocycles. The lowest BCUT2D eigenvalue weighted by molar-refractivity contribution is 0.0924. The van der Waals surface area contributed by atoms with Crippen molar-refractivity contribution >= 4 is 17.7 Å². The number of rotatable bonds is 6. The fourth-order valence-corrected chi connectivity index (χ4v) is 4.86. The van der Waals surface area contributed by atoms with Crippen molar-refractivity contribution in [2.24, 2.45) is 5.92 Å². The molecule has 132 valence electrons. The zero-order chi connectivity index (χ0) is 16.8. The van der Waals surface area contributed by atoms with Crippen molar-refractivity contribution in [1.29, 1.82) is 0 Å². The van der Waals surface area contributed by atoms with E-state index < -0.39 is 0 Å². The molecule has 2 fully saturated rings. The van der Waals surface area contributed by atoms with Gasteiger partial charge in [-0.25, -0.2) is 0 Å². The van der Waals surface area contributed by atoms with Gasteiger partial charge in [0, 0.05) is 18.3 Å². The predicted octanol–water partition coefficient (Wildman–Crippen LogP) is 3.03. The molecule has 0 saturated carbocycles. The van der Waals surface area contributed by atoms with Gasteiger partial charge in [0.05, 0.1) is 12.2 Å². The maximum Gasteiger partial charge on any atom is 0.255 e. The van der Waals surface area contributed by atoms with Gasteiger partial charge >= 0.3 is 0 Å². The molecule has 0 unspecified atom stereocenters. The molecular weight excluding hydrogens is 320 g/mol.